The summed E-state index contributed by atoms with van der Waals surface area (Å²) in [6, 6.07) is 0. The Morgan fingerprint density at radius 3 is 0.915 bits per heavy atom. The van der Waals surface area contributed by atoms with Crippen molar-refractivity contribution < 1.29 is 28.6 Å². The van der Waals surface area contributed by atoms with E-state index in [2.05, 4.69) is 118 Å². The molecule has 0 spiro atoms. The molecule has 0 aliphatic heterocycles. The van der Waals surface area contributed by atoms with Gasteiger partial charge in [-0.2, -0.15) is 0 Å². The van der Waals surface area contributed by atoms with Gasteiger partial charge in [0.25, 0.3) is 0 Å². The van der Waals surface area contributed by atoms with E-state index in [-0.39, 0.29) is 31.6 Å². The van der Waals surface area contributed by atoms with Crippen LogP contribution in [0, 0.1) is 0 Å². The van der Waals surface area contributed by atoms with Crippen molar-refractivity contribution in [1.29, 1.82) is 0 Å². The van der Waals surface area contributed by atoms with E-state index in [1.54, 1.807) is 0 Å². The molecule has 0 aromatic heterocycles. The number of ether oxygens (including phenoxy) is 3. The lowest BCUT2D eigenvalue weighted by Crippen LogP contribution is -2.30. The molecule has 1 atom stereocenters. The van der Waals surface area contributed by atoms with Gasteiger partial charge in [-0.3, -0.25) is 14.4 Å². The standard InChI is InChI=1S/C65H108O6/c1-4-7-10-13-16-19-22-24-25-26-27-28-29-30-31-32-33-34-35-36-37-38-39-41-43-46-49-52-55-58-64(67)70-61-62(60-69-63(66)57-54-51-48-45-42-21-18-15-12-9-6-3)71-65(68)59-56-53-50-47-44-40-23-20-17-14-11-8-5-2/h7-8,10-11,16-17,19-20,24-25,27-28,30-31,40,44,50,53,62H,4-6,9,12-15,18,21-23,26,29,32-39,41-43,45-49,51-52,54-61H2,1-3H3/b10-7-,11-8-,19-16-,20-17-,25-24-,28-27-,31-30-,44-40-,53-50-. The zero-order valence-electron chi connectivity index (χ0n) is 46.2. The second kappa shape index (κ2) is 58.6. The van der Waals surface area contributed by atoms with Crippen molar-refractivity contribution in [2.45, 2.75) is 271 Å². The molecule has 71 heavy (non-hydrogen) atoms. The first kappa shape index (κ1) is 67.1. The summed E-state index contributed by atoms with van der Waals surface area (Å²) >= 11 is 0. The van der Waals surface area contributed by atoms with Crippen LogP contribution < -0.4 is 0 Å². The largest absolute Gasteiger partial charge is 0.462 e. The second-order valence-electron chi connectivity index (χ2n) is 19.1. The van der Waals surface area contributed by atoms with Crippen LogP contribution in [-0.4, -0.2) is 37.2 Å². The monoisotopic (exact) mass is 985 g/mol. The molecule has 0 fully saturated rings. The predicted molar refractivity (Wildman–Crippen MR) is 307 cm³/mol. The van der Waals surface area contributed by atoms with Crippen LogP contribution in [0.25, 0.3) is 0 Å². The average molecular weight is 986 g/mol. The minimum Gasteiger partial charge on any atom is -0.462 e. The van der Waals surface area contributed by atoms with Gasteiger partial charge < -0.3 is 14.2 Å². The molecule has 6 nitrogen and oxygen atoms in total. The summed E-state index contributed by atoms with van der Waals surface area (Å²) < 4.78 is 16.8. The second-order valence-corrected chi connectivity index (χ2v) is 19.1. The minimum atomic E-state index is -0.814. The van der Waals surface area contributed by atoms with Gasteiger partial charge in [0.15, 0.2) is 6.10 Å². The molecular formula is C65H108O6. The van der Waals surface area contributed by atoms with E-state index < -0.39 is 12.1 Å². The van der Waals surface area contributed by atoms with Gasteiger partial charge in [-0.15, -0.1) is 0 Å². The highest BCUT2D eigenvalue weighted by molar-refractivity contribution is 5.71. The van der Waals surface area contributed by atoms with Gasteiger partial charge in [0.1, 0.15) is 13.2 Å². The third-order valence-corrected chi connectivity index (χ3v) is 12.3. The summed E-state index contributed by atoms with van der Waals surface area (Å²) in [5, 5.41) is 0. The third-order valence-electron chi connectivity index (χ3n) is 12.3. The first-order chi connectivity index (χ1) is 35.0. The quantitative estimate of drug-likeness (QED) is 0.0261. The molecule has 0 N–H and O–H groups in total. The number of carbonyl (C=O) groups excluding carboxylic acids is 3. The van der Waals surface area contributed by atoms with Gasteiger partial charge in [-0.05, 0) is 89.9 Å². The van der Waals surface area contributed by atoms with Crippen molar-refractivity contribution in [1.82, 2.24) is 0 Å². The molecule has 0 rings (SSSR count). The number of hydrogen-bond donors (Lipinski definition) is 0. The Labute approximate surface area is 438 Å². The van der Waals surface area contributed by atoms with Crippen LogP contribution in [0.2, 0.25) is 0 Å². The summed E-state index contributed by atoms with van der Waals surface area (Å²) in [4.78, 5) is 38.0. The predicted octanol–water partition coefficient (Wildman–Crippen LogP) is 19.9. The first-order valence-corrected chi connectivity index (χ1v) is 29.4. The van der Waals surface area contributed by atoms with Gasteiger partial charge in [-0.1, -0.05) is 265 Å². The fraction of sp³-hybridized carbons (Fsp3) is 0.677. The molecule has 1 unspecified atom stereocenters. The van der Waals surface area contributed by atoms with Gasteiger partial charge in [0.05, 0.1) is 0 Å². The van der Waals surface area contributed by atoms with E-state index in [9.17, 15) is 14.4 Å². The van der Waals surface area contributed by atoms with Crippen LogP contribution in [0.1, 0.15) is 265 Å². The Balaban J connectivity index is 4.23. The lowest BCUT2D eigenvalue weighted by molar-refractivity contribution is -0.166. The Morgan fingerprint density at radius 2 is 0.577 bits per heavy atom. The van der Waals surface area contributed by atoms with E-state index >= 15 is 0 Å². The number of allylic oxidation sites excluding steroid dienone is 18. The molecule has 0 aliphatic carbocycles. The highest BCUT2D eigenvalue weighted by Gasteiger charge is 2.19. The Morgan fingerprint density at radius 1 is 0.296 bits per heavy atom. The highest BCUT2D eigenvalue weighted by Crippen LogP contribution is 2.15. The third kappa shape index (κ3) is 56.9. The summed E-state index contributed by atoms with van der Waals surface area (Å²) in [5.74, 6) is -0.987. The Hall–Kier alpha value is -3.93. The van der Waals surface area contributed by atoms with Crippen molar-refractivity contribution in [2.24, 2.45) is 0 Å². The van der Waals surface area contributed by atoms with Gasteiger partial charge in [0, 0.05) is 19.3 Å². The smallest absolute Gasteiger partial charge is 0.306 e. The van der Waals surface area contributed by atoms with Crippen LogP contribution in [0.4, 0.5) is 0 Å². The first-order valence-electron chi connectivity index (χ1n) is 29.4. The molecule has 404 valence electrons. The van der Waals surface area contributed by atoms with E-state index in [0.717, 1.165) is 96.3 Å². The molecule has 6 heteroatoms. The van der Waals surface area contributed by atoms with E-state index in [0.29, 0.717) is 19.3 Å². The van der Waals surface area contributed by atoms with Gasteiger partial charge in [0.2, 0.25) is 0 Å². The van der Waals surface area contributed by atoms with E-state index in [1.807, 2.05) is 12.2 Å². The molecule has 0 aliphatic rings. The van der Waals surface area contributed by atoms with Crippen LogP contribution >= 0.6 is 0 Å². The summed E-state index contributed by atoms with van der Waals surface area (Å²) in [6.07, 6.45) is 79.7. The van der Waals surface area contributed by atoms with Crippen molar-refractivity contribution in [2.75, 3.05) is 13.2 Å². The molecule has 0 aromatic carbocycles. The zero-order valence-corrected chi connectivity index (χ0v) is 46.2. The number of unbranched alkanes of at least 4 members (excludes halogenated alkanes) is 23. The lowest BCUT2D eigenvalue weighted by Gasteiger charge is -2.18. The fourth-order valence-electron chi connectivity index (χ4n) is 7.95. The molecule has 0 amide bonds. The Bertz CT molecular complexity index is 1460. The number of esters is 3. The van der Waals surface area contributed by atoms with E-state index in [1.165, 1.54) is 122 Å². The summed E-state index contributed by atoms with van der Waals surface area (Å²) in [6.45, 7) is 6.34. The average Bonchev–Trinajstić information content (AvgIpc) is 3.37. The molecule has 0 heterocycles. The topological polar surface area (TPSA) is 78.9 Å². The maximum Gasteiger partial charge on any atom is 0.306 e. The SMILES string of the molecule is CC/C=C\C/C=C\C/C=C\C/C=C\C/C=C\CCCCCCCCCCCCCCCC(=O)OCC(COC(=O)CCCCCCCCCCCCC)OC(=O)CC/C=C\C/C=C\C/C=C\C/C=C\CC. The summed E-state index contributed by atoms with van der Waals surface area (Å²) in [5.41, 5.74) is 0. The molecule has 0 radical (unpaired) electrons. The van der Waals surface area contributed by atoms with Crippen LogP contribution in [0.15, 0.2) is 109 Å². The van der Waals surface area contributed by atoms with Crippen molar-refractivity contribution in [3.63, 3.8) is 0 Å². The van der Waals surface area contributed by atoms with Crippen molar-refractivity contribution >= 4 is 17.9 Å². The normalized spacial score (nSPS) is 12.9. The maximum absolute atomic E-state index is 12.8. The van der Waals surface area contributed by atoms with Crippen LogP contribution in [0.5, 0.6) is 0 Å². The molecule has 0 saturated heterocycles. The molecule has 0 bridgehead atoms. The fourth-order valence-corrected chi connectivity index (χ4v) is 7.95. The van der Waals surface area contributed by atoms with Crippen molar-refractivity contribution in [3.05, 3.63) is 109 Å². The number of hydrogen-bond acceptors (Lipinski definition) is 6. The molecule has 0 aromatic rings. The van der Waals surface area contributed by atoms with Crippen molar-refractivity contribution in [3.8, 4) is 0 Å². The highest BCUT2D eigenvalue weighted by atomic mass is 16.6. The zero-order chi connectivity index (χ0) is 51.4. The minimum absolute atomic E-state index is 0.105. The summed E-state index contributed by atoms with van der Waals surface area (Å²) in [7, 11) is 0. The number of rotatable bonds is 52. The number of carbonyl (C=O) groups is 3. The maximum atomic E-state index is 12.8. The van der Waals surface area contributed by atoms with Gasteiger partial charge in [-0.25, -0.2) is 0 Å². The lowest BCUT2D eigenvalue weighted by atomic mass is 10.0. The Kier molecular flexibility index (Phi) is 55.4. The molecule has 0 saturated carbocycles. The van der Waals surface area contributed by atoms with Crippen LogP contribution in [-0.2, 0) is 28.6 Å². The van der Waals surface area contributed by atoms with Crippen LogP contribution in [0.3, 0.4) is 0 Å². The van der Waals surface area contributed by atoms with Gasteiger partial charge >= 0.3 is 17.9 Å². The molecular weight excluding hydrogens is 877 g/mol. The van der Waals surface area contributed by atoms with E-state index in [4.69, 9.17) is 14.2 Å².